The third-order valence-electron chi connectivity index (χ3n) is 3.58. The lowest BCUT2D eigenvalue weighted by molar-refractivity contribution is -0.144. The molecule has 18 heavy (non-hydrogen) atoms. The summed E-state index contributed by atoms with van der Waals surface area (Å²) in [6.45, 7) is 1.90. The molecule has 0 bridgehead atoms. The smallest absolute Gasteiger partial charge is 0.346 e. The molecule has 2 saturated heterocycles. The van der Waals surface area contributed by atoms with Crippen molar-refractivity contribution in [3.63, 3.8) is 0 Å². The minimum Gasteiger partial charge on any atom is -0.346 e. The SMILES string of the molecule is FC(F)(F)CN1CC2CN(c3nncs3)CC2C1. The van der Waals surface area contributed by atoms with Crippen LogP contribution in [0.2, 0.25) is 0 Å². The summed E-state index contributed by atoms with van der Waals surface area (Å²) in [4.78, 5) is 3.66. The van der Waals surface area contributed by atoms with Crippen LogP contribution in [0.5, 0.6) is 0 Å². The van der Waals surface area contributed by atoms with Gasteiger partial charge >= 0.3 is 6.18 Å². The van der Waals surface area contributed by atoms with Crippen molar-refractivity contribution in [3.05, 3.63) is 5.51 Å². The first-order valence-corrected chi connectivity index (χ1v) is 6.69. The van der Waals surface area contributed by atoms with E-state index >= 15 is 0 Å². The molecule has 4 nitrogen and oxygen atoms in total. The van der Waals surface area contributed by atoms with Gasteiger partial charge in [-0.15, -0.1) is 10.2 Å². The van der Waals surface area contributed by atoms with Gasteiger partial charge in [-0.05, 0) is 11.8 Å². The normalized spacial score (nSPS) is 28.9. The molecule has 3 rings (SSSR count). The molecule has 2 atom stereocenters. The van der Waals surface area contributed by atoms with Crippen LogP contribution in [-0.4, -0.2) is 54.0 Å². The van der Waals surface area contributed by atoms with Gasteiger partial charge in [0.05, 0.1) is 6.54 Å². The Morgan fingerprint density at radius 2 is 1.89 bits per heavy atom. The number of alkyl halides is 3. The van der Waals surface area contributed by atoms with E-state index < -0.39 is 12.7 Å². The molecule has 0 saturated carbocycles. The van der Waals surface area contributed by atoms with Gasteiger partial charge in [-0.1, -0.05) is 11.3 Å². The number of hydrogen-bond donors (Lipinski definition) is 0. The summed E-state index contributed by atoms with van der Waals surface area (Å²) in [7, 11) is 0. The zero-order valence-electron chi connectivity index (χ0n) is 9.60. The van der Waals surface area contributed by atoms with Gasteiger partial charge in [0.25, 0.3) is 0 Å². The molecule has 1 aromatic rings. The van der Waals surface area contributed by atoms with Crippen molar-refractivity contribution >= 4 is 16.5 Å². The van der Waals surface area contributed by atoms with E-state index in [2.05, 4.69) is 15.1 Å². The van der Waals surface area contributed by atoms with Gasteiger partial charge in [0.1, 0.15) is 5.51 Å². The second kappa shape index (κ2) is 4.34. The van der Waals surface area contributed by atoms with Gasteiger partial charge in [-0.2, -0.15) is 13.2 Å². The van der Waals surface area contributed by atoms with Crippen molar-refractivity contribution in [1.29, 1.82) is 0 Å². The van der Waals surface area contributed by atoms with Crippen molar-refractivity contribution in [1.82, 2.24) is 15.1 Å². The lowest BCUT2D eigenvalue weighted by atomic mass is 10.0. The molecule has 0 radical (unpaired) electrons. The number of aromatic nitrogens is 2. The van der Waals surface area contributed by atoms with E-state index in [-0.39, 0.29) is 0 Å². The summed E-state index contributed by atoms with van der Waals surface area (Å²) in [5, 5.41) is 8.68. The summed E-state index contributed by atoms with van der Waals surface area (Å²) >= 11 is 1.48. The number of likely N-dealkylation sites (tertiary alicyclic amines) is 1. The zero-order chi connectivity index (χ0) is 12.8. The first kappa shape index (κ1) is 12.2. The predicted molar refractivity (Wildman–Crippen MR) is 61.6 cm³/mol. The molecule has 8 heteroatoms. The van der Waals surface area contributed by atoms with Gasteiger partial charge in [-0.25, -0.2) is 0 Å². The molecule has 0 aromatic carbocycles. The third kappa shape index (κ3) is 2.44. The van der Waals surface area contributed by atoms with Crippen molar-refractivity contribution in [2.45, 2.75) is 6.18 Å². The van der Waals surface area contributed by atoms with Crippen LogP contribution in [0.25, 0.3) is 0 Å². The Morgan fingerprint density at radius 1 is 1.22 bits per heavy atom. The summed E-state index contributed by atoms with van der Waals surface area (Å²) in [6.07, 6.45) is -4.09. The van der Waals surface area contributed by atoms with Gasteiger partial charge in [0.15, 0.2) is 0 Å². The van der Waals surface area contributed by atoms with E-state index in [1.165, 1.54) is 16.2 Å². The van der Waals surface area contributed by atoms with Crippen LogP contribution in [0.1, 0.15) is 0 Å². The van der Waals surface area contributed by atoms with Crippen LogP contribution in [0.3, 0.4) is 0 Å². The summed E-state index contributed by atoms with van der Waals surface area (Å²) in [5.41, 5.74) is 1.68. The minimum absolute atomic E-state index is 0.330. The second-order valence-electron chi connectivity index (χ2n) is 4.96. The highest BCUT2D eigenvalue weighted by Crippen LogP contribution is 2.35. The monoisotopic (exact) mass is 278 g/mol. The fourth-order valence-corrected chi connectivity index (χ4v) is 3.52. The van der Waals surface area contributed by atoms with Gasteiger partial charge in [-0.3, -0.25) is 4.90 Å². The number of halogens is 3. The molecule has 2 unspecified atom stereocenters. The topological polar surface area (TPSA) is 32.3 Å². The average Bonchev–Trinajstić information content (AvgIpc) is 2.85. The van der Waals surface area contributed by atoms with Crippen LogP contribution in [-0.2, 0) is 0 Å². The van der Waals surface area contributed by atoms with Crippen molar-refractivity contribution in [2.24, 2.45) is 11.8 Å². The quantitative estimate of drug-likeness (QED) is 0.820. The first-order chi connectivity index (χ1) is 8.51. The van der Waals surface area contributed by atoms with Crippen LogP contribution in [0.4, 0.5) is 18.3 Å². The zero-order valence-corrected chi connectivity index (χ0v) is 10.4. The fourth-order valence-electron chi connectivity index (χ4n) is 2.93. The molecule has 0 aliphatic carbocycles. The fraction of sp³-hybridized carbons (Fsp3) is 0.800. The highest BCUT2D eigenvalue weighted by atomic mass is 32.1. The molecular weight excluding hydrogens is 265 g/mol. The minimum atomic E-state index is -4.09. The molecule has 2 aliphatic rings. The molecule has 3 heterocycles. The highest BCUT2D eigenvalue weighted by molar-refractivity contribution is 7.13. The molecule has 0 N–H and O–H groups in total. The van der Waals surface area contributed by atoms with E-state index in [9.17, 15) is 13.2 Å². The molecular formula is C10H13F3N4S. The molecule has 0 spiro atoms. The van der Waals surface area contributed by atoms with Gasteiger partial charge in [0, 0.05) is 26.2 Å². The van der Waals surface area contributed by atoms with Crippen LogP contribution >= 0.6 is 11.3 Å². The Kier molecular flexibility index (Phi) is 2.93. The van der Waals surface area contributed by atoms with E-state index in [1.807, 2.05) is 0 Å². The summed E-state index contributed by atoms with van der Waals surface area (Å²) in [6, 6.07) is 0. The molecule has 100 valence electrons. The van der Waals surface area contributed by atoms with Crippen molar-refractivity contribution in [3.8, 4) is 0 Å². The first-order valence-electron chi connectivity index (χ1n) is 5.81. The second-order valence-corrected chi connectivity index (χ2v) is 5.77. The highest BCUT2D eigenvalue weighted by Gasteiger charge is 2.43. The van der Waals surface area contributed by atoms with Gasteiger partial charge < -0.3 is 4.90 Å². The van der Waals surface area contributed by atoms with E-state index in [0.717, 1.165) is 18.2 Å². The predicted octanol–water partition coefficient (Wildman–Crippen LogP) is 1.47. The van der Waals surface area contributed by atoms with Crippen LogP contribution in [0, 0.1) is 11.8 Å². The van der Waals surface area contributed by atoms with Crippen molar-refractivity contribution < 1.29 is 13.2 Å². The number of hydrogen-bond acceptors (Lipinski definition) is 5. The Labute approximate surface area is 106 Å². The molecule has 2 fully saturated rings. The molecule has 0 amide bonds. The Bertz CT molecular complexity index is 394. The number of anilines is 1. The maximum Gasteiger partial charge on any atom is 0.401 e. The van der Waals surface area contributed by atoms with E-state index in [1.54, 1.807) is 5.51 Å². The van der Waals surface area contributed by atoms with Gasteiger partial charge in [0.2, 0.25) is 5.13 Å². The molecule has 1 aromatic heterocycles. The van der Waals surface area contributed by atoms with Crippen LogP contribution < -0.4 is 4.90 Å². The van der Waals surface area contributed by atoms with E-state index in [0.29, 0.717) is 24.9 Å². The summed E-state index contributed by atoms with van der Waals surface area (Å²) < 4.78 is 36.9. The average molecular weight is 278 g/mol. The van der Waals surface area contributed by atoms with Crippen LogP contribution in [0.15, 0.2) is 5.51 Å². The largest absolute Gasteiger partial charge is 0.401 e. The number of fused-ring (bicyclic) bond motifs is 1. The Hall–Kier alpha value is -0.890. The maximum atomic E-state index is 12.3. The summed E-state index contributed by atoms with van der Waals surface area (Å²) in [5.74, 6) is 0.660. The number of rotatable bonds is 2. The number of nitrogens with zero attached hydrogens (tertiary/aromatic N) is 4. The van der Waals surface area contributed by atoms with E-state index in [4.69, 9.17) is 0 Å². The Morgan fingerprint density at radius 3 is 2.39 bits per heavy atom. The Balaban J connectivity index is 1.58. The van der Waals surface area contributed by atoms with Crippen molar-refractivity contribution in [2.75, 3.05) is 37.6 Å². The molecule has 2 aliphatic heterocycles. The third-order valence-corrected chi connectivity index (χ3v) is 4.33. The lowest BCUT2D eigenvalue weighted by Gasteiger charge is -2.21. The standard InChI is InChI=1S/C10H13F3N4S/c11-10(12,13)5-16-1-7-3-17(4-8(7)2-16)9-15-14-6-18-9/h6-8H,1-5H2. The lowest BCUT2D eigenvalue weighted by Crippen LogP contribution is -2.35. The maximum absolute atomic E-state index is 12.3.